The van der Waals surface area contributed by atoms with Crippen molar-refractivity contribution in [2.45, 2.75) is 44.9 Å². The molecule has 0 saturated heterocycles. The van der Waals surface area contributed by atoms with E-state index in [0.29, 0.717) is 23.5 Å². The number of aryl methyl sites for hydroxylation is 1. The third-order valence-electron chi connectivity index (χ3n) is 3.61. The molecule has 1 aromatic heterocycles. The van der Waals surface area contributed by atoms with Crippen LogP contribution in [0.15, 0.2) is 23.4 Å². The summed E-state index contributed by atoms with van der Waals surface area (Å²) in [6.45, 7) is 7.38. The molecular weight excluding hydrogens is 324 g/mol. The van der Waals surface area contributed by atoms with Crippen LogP contribution in [-0.2, 0) is 11.3 Å². The van der Waals surface area contributed by atoms with Gasteiger partial charge in [0.2, 0.25) is 5.16 Å². The first kappa shape index (κ1) is 18.6. The number of hydrogen-bond donors (Lipinski definition) is 1. The minimum Gasteiger partial charge on any atom is -0.485 e. The molecule has 0 atom stereocenters. The molecule has 0 radical (unpaired) electrons. The molecule has 1 aromatic carbocycles. The molecule has 132 valence electrons. The average molecular weight is 350 g/mol. The van der Waals surface area contributed by atoms with Crippen LogP contribution < -0.4 is 10.6 Å². The molecule has 24 heavy (non-hydrogen) atoms. The summed E-state index contributed by atoms with van der Waals surface area (Å²) in [5, 5.41) is 8.96. The first-order valence-corrected chi connectivity index (χ1v) is 9.06. The number of nitrogens with two attached hydrogens (primary N) is 1. The SMILES string of the molecule is COCCCSc1nnc(COc2cc(C)ccc2C(C)C)n1N. The highest BCUT2D eigenvalue weighted by Crippen LogP contribution is 2.28. The van der Waals surface area contributed by atoms with Crippen LogP contribution >= 0.6 is 11.8 Å². The van der Waals surface area contributed by atoms with Gasteiger partial charge in [-0.05, 0) is 36.5 Å². The molecule has 0 aliphatic carbocycles. The van der Waals surface area contributed by atoms with Gasteiger partial charge in [0.1, 0.15) is 12.4 Å². The number of thioether (sulfide) groups is 1. The Balaban J connectivity index is 2.00. The molecular formula is C17H26N4O2S. The van der Waals surface area contributed by atoms with Crippen LogP contribution in [0.25, 0.3) is 0 Å². The van der Waals surface area contributed by atoms with Crippen molar-refractivity contribution in [1.82, 2.24) is 14.9 Å². The van der Waals surface area contributed by atoms with Crippen LogP contribution in [0.5, 0.6) is 5.75 Å². The second-order valence-corrected chi connectivity index (χ2v) is 7.01. The lowest BCUT2D eigenvalue weighted by atomic mass is 10.0. The fraction of sp³-hybridized carbons (Fsp3) is 0.529. The van der Waals surface area contributed by atoms with Crippen molar-refractivity contribution < 1.29 is 9.47 Å². The van der Waals surface area contributed by atoms with Gasteiger partial charge in [-0.1, -0.05) is 37.7 Å². The molecule has 2 rings (SSSR count). The molecule has 2 N–H and O–H groups in total. The van der Waals surface area contributed by atoms with E-state index in [-0.39, 0.29) is 0 Å². The number of nitrogens with zero attached hydrogens (tertiary/aromatic N) is 3. The molecule has 6 nitrogen and oxygen atoms in total. The van der Waals surface area contributed by atoms with Crippen LogP contribution in [0.2, 0.25) is 0 Å². The number of aromatic nitrogens is 3. The summed E-state index contributed by atoms with van der Waals surface area (Å²) in [6, 6.07) is 6.26. The lowest BCUT2D eigenvalue weighted by Crippen LogP contribution is -2.16. The Morgan fingerprint density at radius 1 is 1.29 bits per heavy atom. The van der Waals surface area contributed by atoms with Crippen LogP contribution in [0.1, 0.15) is 43.1 Å². The molecule has 1 heterocycles. The number of nitrogen functional groups attached to an aromatic ring is 1. The van der Waals surface area contributed by atoms with E-state index in [4.69, 9.17) is 15.3 Å². The van der Waals surface area contributed by atoms with Crippen LogP contribution in [0.4, 0.5) is 0 Å². The van der Waals surface area contributed by atoms with E-state index in [2.05, 4.69) is 43.1 Å². The van der Waals surface area contributed by atoms with Gasteiger partial charge < -0.3 is 15.3 Å². The van der Waals surface area contributed by atoms with Gasteiger partial charge in [0, 0.05) is 19.5 Å². The Kier molecular flexibility index (Phi) is 6.93. The summed E-state index contributed by atoms with van der Waals surface area (Å²) in [7, 11) is 1.70. The summed E-state index contributed by atoms with van der Waals surface area (Å²) in [5.41, 5.74) is 2.34. The van der Waals surface area contributed by atoms with Gasteiger partial charge in [-0.15, -0.1) is 10.2 Å². The predicted molar refractivity (Wildman–Crippen MR) is 97.0 cm³/mol. The van der Waals surface area contributed by atoms with Gasteiger partial charge in [-0.2, -0.15) is 0 Å². The zero-order chi connectivity index (χ0) is 17.5. The maximum atomic E-state index is 6.07. The molecule has 0 aliphatic heterocycles. The lowest BCUT2D eigenvalue weighted by Gasteiger charge is -2.14. The van der Waals surface area contributed by atoms with Gasteiger partial charge in [0.05, 0.1) is 0 Å². The van der Waals surface area contributed by atoms with Crippen molar-refractivity contribution in [2.75, 3.05) is 25.3 Å². The Bertz CT molecular complexity index is 658. The van der Waals surface area contributed by atoms with E-state index in [0.717, 1.165) is 30.1 Å². The molecule has 7 heteroatoms. The molecule has 0 amide bonds. The van der Waals surface area contributed by atoms with E-state index in [9.17, 15) is 0 Å². The maximum Gasteiger partial charge on any atom is 0.209 e. The minimum absolute atomic E-state index is 0.297. The highest BCUT2D eigenvalue weighted by Gasteiger charge is 2.13. The first-order valence-electron chi connectivity index (χ1n) is 8.07. The zero-order valence-electron chi connectivity index (χ0n) is 14.8. The van der Waals surface area contributed by atoms with Crippen LogP contribution in [0, 0.1) is 6.92 Å². The van der Waals surface area contributed by atoms with E-state index in [1.54, 1.807) is 18.9 Å². The fourth-order valence-electron chi connectivity index (χ4n) is 2.26. The molecule has 0 unspecified atom stereocenters. The molecule has 2 aromatic rings. The third-order valence-corrected chi connectivity index (χ3v) is 4.64. The van der Waals surface area contributed by atoms with Gasteiger partial charge in [-0.25, -0.2) is 4.68 Å². The maximum absolute atomic E-state index is 6.07. The molecule has 0 fully saturated rings. The Morgan fingerprint density at radius 2 is 2.08 bits per heavy atom. The van der Waals surface area contributed by atoms with Crippen molar-refractivity contribution in [1.29, 1.82) is 0 Å². The standard InChI is InChI=1S/C17H26N4O2S/c1-12(2)14-7-6-13(3)10-15(14)23-11-16-19-20-17(21(16)18)24-9-5-8-22-4/h6-7,10,12H,5,8-9,11,18H2,1-4H3. The zero-order valence-corrected chi connectivity index (χ0v) is 15.6. The normalized spacial score (nSPS) is 11.2. The van der Waals surface area contributed by atoms with Crippen LogP contribution in [0.3, 0.4) is 0 Å². The summed E-state index contributed by atoms with van der Waals surface area (Å²) < 4.78 is 12.5. The summed E-state index contributed by atoms with van der Waals surface area (Å²) in [6.07, 6.45) is 0.945. The van der Waals surface area contributed by atoms with Gasteiger partial charge in [-0.3, -0.25) is 0 Å². The highest BCUT2D eigenvalue weighted by atomic mass is 32.2. The highest BCUT2D eigenvalue weighted by molar-refractivity contribution is 7.99. The van der Waals surface area contributed by atoms with Crippen molar-refractivity contribution in [3.05, 3.63) is 35.2 Å². The molecule has 0 spiro atoms. The largest absolute Gasteiger partial charge is 0.485 e. The van der Waals surface area contributed by atoms with Crippen molar-refractivity contribution in [3.8, 4) is 5.75 Å². The minimum atomic E-state index is 0.297. The number of methoxy groups -OCH3 is 1. The Labute approximate surface area is 147 Å². The summed E-state index contributed by atoms with van der Waals surface area (Å²) >= 11 is 1.57. The van der Waals surface area contributed by atoms with Gasteiger partial charge >= 0.3 is 0 Å². The molecule has 0 aliphatic rings. The summed E-state index contributed by atoms with van der Waals surface area (Å²) in [5.74, 6) is 8.84. The Hall–Kier alpha value is -1.73. The van der Waals surface area contributed by atoms with Gasteiger partial charge in [0.15, 0.2) is 5.82 Å². The second kappa shape index (κ2) is 8.94. The van der Waals surface area contributed by atoms with Gasteiger partial charge in [0.25, 0.3) is 0 Å². The predicted octanol–water partition coefficient (Wildman–Crippen LogP) is 3.13. The molecule has 0 bridgehead atoms. The van der Waals surface area contributed by atoms with Crippen molar-refractivity contribution >= 4 is 11.8 Å². The second-order valence-electron chi connectivity index (χ2n) is 5.95. The number of benzene rings is 1. The lowest BCUT2D eigenvalue weighted by molar-refractivity contribution is 0.200. The smallest absolute Gasteiger partial charge is 0.209 e. The quantitative estimate of drug-likeness (QED) is 0.425. The topological polar surface area (TPSA) is 75.2 Å². The first-order chi connectivity index (χ1) is 11.5. The van der Waals surface area contributed by atoms with Crippen molar-refractivity contribution in [3.63, 3.8) is 0 Å². The Morgan fingerprint density at radius 3 is 2.79 bits per heavy atom. The number of hydrogen-bond acceptors (Lipinski definition) is 6. The van der Waals surface area contributed by atoms with Crippen molar-refractivity contribution in [2.24, 2.45) is 0 Å². The van der Waals surface area contributed by atoms with Crippen LogP contribution in [-0.4, -0.2) is 34.3 Å². The van der Waals surface area contributed by atoms with E-state index in [1.807, 2.05) is 6.07 Å². The van der Waals surface area contributed by atoms with E-state index >= 15 is 0 Å². The molecule has 0 saturated carbocycles. The third kappa shape index (κ3) is 4.88. The number of ether oxygens (including phenoxy) is 2. The van der Waals surface area contributed by atoms with E-state index < -0.39 is 0 Å². The van der Waals surface area contributed by atoms with E-state index in [1.165, 1.54) is 10.2 Å². The number of rotatable bonds is 9. The summed E-state index contributed by atoms with van der Waals surface area (Å²) in [4.78, 5) is 0. The average Bonchev–Trinajstić information content (AvgIpc) is 2.89. The monoisotopic (exact) mass is 350 g/mol. The fourth-order valence-corrected chi connectivity index (χ4v) is 3.04.